The summed E-state index contributed by atoms with van der Waals surface area (Å²) in [5.74, 6) is 1.99. The zero-order valence-electron chi connectivity index (χ0n) is 12.5. The lowest BCUT2D eigenvalue weighted by Crippen LogP contribution is -2.25. The molecule has 0 spiro atoms. The van der Waals surface area contributed by atoms with E-state index in [2.05, 4.69) is 30.7 Å². The fourth-order valence-corrected chi connectivity index (χ4v) is 3.44. The van der Waals surface area contributed by atoms with Crippen molar-refractivity contribution in [3.05, 3.63) is 29.8 Å². The van der Waals surface area contributed by atoms with Gasteiger partial charge in [0.05, 0.1) is 5.52 Å². The van der Waals surface area contributed by atoms with Crippen LogP contribution in [0.1, 0.15) is 58.2 Å². The van der Waals surface area contributed by atoms with Gasteiger partial charge >= 0.3 is 0 Å². The molecule has 1 heterocycles. The molecule has 1 fully saturated rings. The van der Waals surface area contributed by atoms with Crippen molar-refractivity contribution in [2.24, 2.45) is 11.3 Å². The molecule has 108 valence electrons. The molecule has 0 radical (unpaired) electrons. The van der Waals surface area contributed by atoms with Crippen LogP contribution >= 0.6 is 0 Å². The molecule has 2 nitrogen and oxygen atoms in total. The number of para-hydroxylation sites is 1. The maximum Gasteiger partial charge on any atom is 0.151 e. The minimum Gasteiger partial charge on any atom is -0.342 e. The summed E-state index contributed by atoms with van der Waals surface area (Å²) >= 11 is 0. The molecule has 2 aromatic rings. The number of hydrogen-bond donors (Lipinski definition) is 1. The van der Waals surface area contributed by atoms with Crippen molar-refractivity contribution in [1.29, 1.82) is 0 Å². The van der Waals surface area contributed by atoms with Crippen LogP contribution in [0, 0.1) is 17.2 Å². The van der Waals surface area contributed by atoms with Gasteiger partial charge in [-0.25, -0.2) is 9.37 Å². The second kappa shape index (κ2) is 4.87. The number of benzene rings is 1. The van der Waals surface area contributed by atoms with Crippen LogP contribution in [0.4, 0.5) is 4.39 Å². The van der Waals surface area contributed by atoms with Crippen molar-refractivity contribution >= 4 is 11.0 Å². The fraction of sp³-hybridized carbons (Fsp3) is 0.588. The van der Waals surface area contributed by atoms with Crippen LogP contribution in [0.25, 0.3) is 11.0 Å². The normalized spacial score (nSPS) is 24.2. The fourth-order valence-electron chi connectivity index (χ4n) is 3.44. The summed E-state index contributed by atoms with van der Waals surface area (Å²) in [5, 5.41) is 0. The molecule has 3 rings (SSSR count). The van der Waals surface area contributed by atoms with E-state index in [1.54, 1.807) is 6.07 Å². The molecule has 20 heavy (non-hydrogen) atoms. The van der Waals surface area contributed by atoms with Crippen molar-refractivity contribution < 1.29 is 4.39 Å². The molecule has 1 aromatic heterocycles. The molecule has 0 amide bonds. The predicted octanol–water partition coefficient (Wildman–Crippen LogP) is 5.02. The van der Waals surface area contributed by atoms with Gasteiger partial charge in [-0.1, -0.05) is 26.8 Å². The van der Waals surface area contributed by atoms with E-state index < -0.39 is 0 Å². The van der Waals surface area contributed by atoms with E-state index in [9.17, 15) is 4.39 Å². The molecule has 1 N–H and O–H groups in total. The van der Waals surface area contributed by atoms with Gasteiger partial charge in [0.25, 0.3) is 0 Å². The van der Waals surface area contributed by atoms with Gasteiger partial charge in [0.2, 0.25) is 0 Å². The second-order valence-electron chi connectivity index (χ2n) is 7.17. The Morgan fingerprint density at radius 3 is 2.45 bits per heavy atom. The Hall–Kier alpha value is -1.38. The zero-order valence-corrected chi connectivity index (χ0v) is 12.5. The van der Waals surface area contributed by atoms with E-state index >= 15 is 0 Å². The maximum atomic E-state index is 13.7. The van der Waals surface area contributed by atoms with Crippen molar-refractivity contribution in [3.63, 3.8) is 0 Å². The molecule has 0 atom stereocenters. The summed E-state index contributed by atoms with van der Waals surface area (Å²) in [6.45, 7) is 6.98. The average molecular weight is 274 g/mol. The molecule has 1 aliphatic rings. The van der Waals surface area contributed by atoms with E-state index in [1.165, 1.54) is 18.9 Å². The van der Waals surface area contributed by atoms with Gasteiger partial charge in [-0.15, -0.1) is 0 Å². The average Bonchev–Trinajstić information content (AvgIpc) is 2.83. The monoisotopic (exact) mass is 274 g/mol. The minimum absolute atomic E-state index is 0.228. The predicted molar refractivity (Wildman–Crippen MR) is 80.2 cm³/mol. The van der Waals surface area contributed by atoms with Gasteiger partial charge in [-0.3, -0.25) is 0 Å². The number of nitrogens with one attached hydrogen (secondary N) is 1. The van der Waals surface area contributed by atoms with E-state index in [0.29, 0.717) is 16.8 Å². The van der Waals surface area contributed by atoms with Gasteiger partial charge in [0, 0.05) is 5.92 Å². The number of imidazole rings is 1. The van der Waals surface area contributed by atoms with Crippen molar-refractivity contribution in [2.75, 3.05) is 0 Å². The van der Waals surface area contributed by atoms with E-state index in [4.69, 9.17) is 0 Å². The van der Waals surface area contributed by atoms with Gasteiger partial charge < -0.3 is 4.98 Å². The first kappa shape index (κ1) is 13.6. The highest BCUT2D eigenvalue weighted by Crippen LogP contribution is 2.42. The van der Waals surface area contributed by atoms with Crippen LogP contribution < -0.4 is 0 Å². The Balaban J connectivity index is 1.78. The number of rotatable bonds is 1. The molecule has 0 aliphatic heterocycles. The largest absolute Gasteiger partial charge is 0.342 e. The number of H-pyrrole nitrogens is 1. The highest BCUT2D eigenvalue weighted by atomic mass is 19.1. The molecule has 1 aromatic carbocycles. The summed E-state index contributed by atoms with van der Waals surface area (Å²) in [4.78, 5) is 7.80. The molecule has 0 unspecified atom stereocenters. The van der Waals surface area contributed by atoms with Gasteiger partial charge in [0.15, 0.2) is 5.82 Å². The second-order valence-corrected chi connectivity index (χ2v) is 7.17. The third kappa shape index (κ3) is 2.46. The molecule has 0 saturated heterocycles. The number of halogens is 1. The van der Waals surface area contributed by atoms with Gasteiger partial charge in [0.1, 0.15) is 11.3 Å². The molecular weight excluding hydrogens is 251 g/mol. The topological polar surface area (TPSA) is 28.7 Å². The van der Waals surface area contributed by atoms with Gasteiger partial charge in [-0.2, -0.15) is 0 Å². The van der Waals surface area contributed by atoms with Crippen LogP contribution in [-0.4, -0.2) is 9.97 Å². The van der Waals surface area contributed by atoms with Crippen molar-refractivity contribution in [2.45, 2.75) is 52.4 Å². The number of nitrogens with zero attached hydrogens (tertiary/aromatic N) is 1. The summed E-state index contributed by atoms with van der Waals surface area (Å²) in [5.41, 5.74) is 1.70. The summed E-state index contributed by atoms with van der Waals surface area (Å²) in [6, 6.07) is 5.11. The molecule has 3 heteroatoms. The first-order valence-corrected chi connectivity index (χ1v) is 7.59. The van der Waals surface area contributed by atoms with E-state index in [0.717, 1.165) is 30.1 Å². The van der Waals surface area contributed by atoms with E-state index in [-0.39, 0.29) is 5.82 Å². The van der Waals surface area contributed by atoms with Crippen LogP contribution in [-0.2, 0) is 0 Å². The number of aromatic nitrogens is 2. The lowest BCUT2D eigenvalue weighted by molar-refractivity contribution is 0.167. The van der Waals surface area contributed by atoms with Crippen LogP contribution in [0.15, 0.2) is 18.2 Å². The standard InChI is InChI=1S/C17H23FN2/c1-17(2,3)12-9-7-11(8-10-12)16-19-14-6-4-5-13(18)15(14)20-16/h4-6,11-12H,7-10H2,1-3H3,(H,19,20). The Bertz CT molecular complexity index is 601. The molecule has 1 aliphatic carbocycles. The minimum atomic E-state index is -0.228. The molecule has 0 bridgehead atoms. The Morgan fingerprint density at radius 2 is 1.85 bits per heavy atom. The lowest BCUT2D eigenvalue weighted by Gasteiger charge is -2.36. The lowest BCUT2D eigenvalue weighted by atomic mass is 9.70. The molecule has 1 saturated carbocycles. The SMILES string of the molecule is CC(C)(C)C1CCC(c2nc3c(F)cccc3[nH]2)CC1. The maximum absolute atomic E-state index is 13.7. The van der Waals surface area contributed by atoms with Crippen LogP contribution in [0.5, 0.6) is 0 Å². The Kier molecular flexibility index (Phi) is 3.31. The van der Waals surface area contributed by atoms with Crippen molar-refractivity contribution in [1.82, 2.24) is 9.97 Å². The molecular formula is C17H23FN2. The zero-order chi connectivity index (χ0) is 14.3. The summed E-state index contributed by atoms with van der Waals surface area (Å²) < 4.78 is 13.7. The Morgan fingerprint density at radius 1 is 1.15 bits per heavy atom. The number of fused-ring (bicyclic) bond motifs is 1. The highest BCUT2D eigenvalue weighted by molar-refractivity contribution is 5.75. The van der Waals surface area contributed by atoms with Crippen molar-refractivity contribution in [3.8, 4) is 0 Å². The van der Waals surface area contributed by atoms with Gasteiger partial charge in [-0.05, 0) is 49.1 Å². The quantitative estimate of drug-likeness (QED) is 0.777. The first-order valence-electron chi connectivity index (χ1n) is 7.59. The Labute approximate surface area is 119 Å². The van der Waals surface area contributed by atoms with Crippen LogP contribution in [0.2, 0.25) is 0 Å². The summed E-state index contributed by atoms with van der Waals surface area (Å²) in [6.07, 6.45) is 4.80. The highest BCUT2D eigenvalue weighted by Gasteiger charge is 2.31. The third-order valence-electron chi connectivity index (χ3n) is 4.82. The smallest absolute Gasteiger partial charge is 0.151 e. The number of aromatic amines is 1. The van der Waals surface area contributed by atoms with E-state index in [1.807, 2.05) is 6.07 Å². The third-order valence-corrected chi connectivity index (χ3v) is 4.82. The number of hydrogen-bond acceptors (Lipinski definition) is 1. The first-order chi connectivity index (χ1) is 9.45. The van der Waals surface area contributed by atoms with Crippen LogP contribution in [0.3, 0.4) is 0 Å². The summed E-state index contributed by atoms with van der Waals surface area (Å²) in [7, 11) is 0.